The van der Waals surface area contributed by atoms with Gasteiger partial charge in [-0.05, 0) is 26.7 Å². The molecule has 0 spiro atoms. The standard InChI is InChI=1S/C14H21NO3/c1-6-18-14(17)11-7-12(10(5)16)13(8(2)3)15-9(11)4/h8,15H,6-7H2,1-5H3. The van der Waals surface area contributed by atoms with Crippen LogP contribution in [0.3, 0.4) is 0 Å². The molecule has 1 aliphatic heterocycles. The Morgan fingerprint density at radius 2 is 1.94 bits per heavy atom. The zero-order chi connectivity index (χ0) is 13.9. The maximum atomic E-state index is 11.8. The first-order valence-corrected chi connectivity index (χ1v) is 6.26. The molecule has 0 aromatic rings. The van der Waals surface area contributed by atoms with E-state index in [2.05, 4.69) is 5.32 Å². The van der Waals surface area contributed by atoms with Crippen molar-refractivity contribution in [3.8, 4) is 0 Å². The second-order valence-corrected chi connectivity index (χ2v) is 4.73. The Balaban J connectivity index is 3.06. The van der Waals surface area contributed by atoms with Gasteiger partial charge >= 0.3 is 5.97 Å². The molecule has 1 heterocycles. The number of ether oxygens (including phenoxy) is 1. The average Bonchev–Trinajstić information content (AvgIpc) is 2.28. The summed E-state index contributed by atoms with van der Waals surface area (Å²) in [6.45, 7) is 9.52. The Morgan fingerprint density at radius 1 is 1.33 bits per heavy atom. The van der Waals surface area contributed by atoms with Gasteiger partial charge in [0.15, 0.2) is 5.78 Å². The molecule has 0 amide bonds. The number of hydrogen-bond acceptors (Lipinski definition) is 4. The van der Waals surface area contributed by atoms with Crippen molar-refractivity contribution in [2.24, 2.45) is 5.92 Å². The van der Waals surface area contributed by atoms with Crippen molar-refractivity contribution in [3.63, 3.8) is 0 Å². The largest absolute Gasteiger partial charge is 0.463 e. The lowest BCUT2D eigenvalue weighted by Gasteiger charge is -2.26. The van der Waals surface area contributed by atoms with E-state index in [4.69, 9.17) is 4.74 Å². The van der Waals surface area contributed by atoms with Crippen LogP contribution in [0.1, 0.15) is 41.0 Å². The fourth-order valence-electron chi connectivity index (χ4n) is 2.01. The Hall–Kier alpha value is -1.58. The van der Waals surface area contributed by atoms with Gasteiger partial charge in [0.2, 0.25) is 0 Å². The Morgan fingerprint density at radius 3 is 2.39 bits per heavy atom. The van der Waals surface area contributed by atoms with Gasteiger partial charge < -0.3 is 10.1 Å². The molecule has 0 bridgehead atoms. The number of rotatable bonds is 4. The van der Waals surface area contributed by atoms with Crippen LogP contribution in [-0.4, -0.2) is 18.4 Å². The van der Waals surface area contributed by atoms with E-state index in [1.54, 1.807) is 6.92 Å². The summed E-state index contributed by atoms with van der Waals surface area (Å²) in [7, 11) is 0. The number of carbonyl (C=O) groups is 2. The highest BCUT2D eigenvalue weighted by molar-refractivity contribution is 5.99. The van der Waals surface area contributed by atoms with Gasteiger partial charge in [-0.15, -0.1) is 0 Å². The normalized spacial score (nSPS) is 15.9. The number of Topliss-reactive ketones (excluding diaryl/α,β-unsaturated/α-hetero) is 1. The fraction of sp³-hybridized carbons (Fsp3) is 0.571. The minimum Gasteiger partial charge on any atom is -0.463 e. The first-order valence-electron chi connectivity index (χ1n) is 6.26. The molecule has 0 radical (unpaired) electrons. The summed E-state index contributed by atoms with van der Waals surface area (Å²) < 4.78 is 5.00. The molecule has 0 atom stereocenters. The molecule has 0 aliphatic carbocycles. The third kappa shape index (κ3) is 3.00. The molecule has 1 aliphatic rings. The summed E-state index contributed by atoms with van der Waals surface area (Å²) in [5.74, 6) is -0.118. The molecule has 0 fully saturated rings. The molecule has 18 heavy (non-hydrogen) atoms. The zero-order valence-corrected chi connectivity index (χ0v) is 11.7. The Kier molecular flexibility index (Phi) is 4.70. The van der Waals surface area contributed by atoms with Crippen LogP contribution in [-0.2, 0) is 14.3 Å². The van der Waals surface area contributed by atoms with Crippen molar-refractivity contribution in [2.75, 3.05) is 6.61 Å². The lowest BCUT2D eigenvalue weighted by atomic mass is 9.91. The summed E-state index contributed by atoms with van der Waals surface area (Å²) in [6, 6.07) is 0. The molecule has 4 heteroatoms. The van der Waals surface area contributed by atoms with Crippen LogP contribution < -0.4 is 5.32 Å². The molecule has 100 valence electrons. The number of hydrogen-bond donors (Lipinski definition) is 1. The topological polar surface area (TPSA) is 55.4 Å². The van der Waals surface area contributed by atoms with Crippen LogP contribution in [0.2, 0.25) is 0 Å². The van der Waals surface area contributed by atoms with Gasteiger partial charge in [-0.3, -0.25) is 4.79 Å². The van der Waals surface area contributed by atoms with E-state index in [0.29, 0.717) is 24.2 Å². The van der Waals surface area contributed by atoms with E-state index in [-0.39, 0.29) is 17.7 Å². The van der Waals surface area contributed by atoms with E-state index < -0.39 is 0 Å². The average molecular weight is 251 g/mol. The van der Waals surface area contributed by atoms with E-state index in [0.717, 1.165) is 11.4 Å². The summed E-state index contributed by atoms with van der Waals surface area (Å²) >= 11 is 0. The maximum Gasteiger partial charge on any atom is 0.336 e. The molecule has 0 saturated heterocycles. The van der Waals surface area contributed by atoms with E-state index in [1.165, 1.54) is 6.92 Å². The second-order valence-electron chi connectivity index (χ2n) is 4.73. The van der Waals surface area contributed by atoms with Crippen molar-refractivity contribution < 1.29 is 14.3 Å². The molecule has 0 aromatic heterocycles. The monoisotopic (exact) mass is 251 g/mol. The van der Waals surface area contributed by atoms with Crippen LogP contribution in [0.4, 0.5) is 0 Å². The smallest absolute Gasteiger partial charge is 0.336 e. The minimum absolute atomic E-state index is 0.000462. The highest BCUT2D eigenvalue weighted by Crippen LogP contribution is 2.27. The van der Waals surface area contributed by atoms with E-state index in [1.807, 2.05) is 20.8 Å². The quantitative estimate of drug-likeness (QED) is 0.779. The van der Waals surface area contributed by atoms with Crippen LogP contribution in [0.25, 0.3) is 0 Å². The summed E-state index contributed by atoms with van der Waals surface area (Å²) in [5, 5.41) is 3.17. The number of esters is 1. The second kappa shape index (κ2) is 5.85. The lowest BCUT2D eigenvalue weighted by molar-refractivity contribution is -0.138. The number of dihydropyridines is 1. The zero-order valence-electron chi connectivity index (χ0n) is 11.7. The van der Waals surface area contributed by atoms with Gasteiger partial charge in [0.05, 0.1) is 12.2 Å². The number of ketones is 1. The molecular weight excluding hydrogens is 230 g/mol. The van der Waals surface area contributed by atoms with E-state index in [9.17, 15) is 9.59 Å². The number of nitrogens with one attached hydrogen (secondary N) is 1. The van der Waals surface area contributed by atoms with Crippen molar-refractivity contribution in [2.45, 2.75) is 41.0 Å². The number of carbonyl (C=O) groups excluding carboxylic acids is 2. The first kappa shape index (κ1) is 14.5. The summed E-state index contributed by atoms with van der Waals surface area (Å²) in [6.07, 6.45) is 0.362. The van der Waals surface area contributed by atoms with Crippen molar-refractivity contribution >= 4 is 11.8 Å². The number of allylic oxidation sites excluding steroid dienone is 3. The van der Waals surface area contributed by atoms with Crippen molar-refractivity contribution in [3.05, 3.63) is 22.5 Å². The molecule has 4 nitrogen and oxygen atoms in total. The lowest BCUT2D eigenvalue weighted by Crippen LogP contribution is -2.28. The molecule has 1 rings (SSSR count). The first-order chi connectivity index (χ1) is 8.38. The Bertz CT molecular complexity index is 430. The van der Waals surface area contributed by atoms with Crippen LogP contribution in [0, 0.1) is 5.92 Å². The summed E-state index contributed by atoms with van der Waals surface area (Å²) in [4.78, 5) is 23.5. The molecular formula is C14H21NO3. The van der Waals surface area contributed by atoms with Gasteiger partial charge in [0, 0.05) is 23.4 Å². The molecule has 0 saturated carbocycles. The fourth-order valence-corrected chi connectivity index (χ4v) is 2.01. The molecule has 0 unspecified atom stereocenters. The van der Waals surface area contributed by atoms with Crippen molar-refractivity contribution in [1.29, 1.82) is 0 Å². The summed E-state index contributed by atoms with van der Waals surface area (Å²) in [5.41, 5.74) is 2.92. The molecule has 1 N–H and O–H groups in total. The minimum atomic E-state index is -0.343. The van der Waals surface area contributed by atoms with Crippen LogP contribution >= 0.6 is 0 Å². The molecule has 0 aromatic carbocycles. The van der Waals surface area contributed by atoms with Crippen LogP contribution in [0.5, 0.6) is 0 Å². The van der Waals surface area contributed by atoms with Gasteiger partial charge in [0.1, 0.15) is 0 Å². The van der Waals surface area contributed by atoms with Crippen molar-refractivity contribution in [1.82, 2.24) is 5.32 Å². The maximum absolute atomic E-state index is 11.8. The van der Waals surface area contributed by atoms with Crippen LogP contribution in [0.15, 0.2) is 22.5 Å². The van der Waals surface area contributed by atoms with Gasteiger partial charge in [-0.1, -0.05) is 13.8 Å². The highest BCUT2D eigenvalue weighted by atomic mass is 16.5. The van der Waals surface area contributed by atoms with E-state index >= 15 is 0 Å². The third-order valence-electron chi connectivity index (χ3n) is 2.98. The highest BCUT2D eigenvalue weighted by Gasteiger charge is 2.26. The SMILES string of the molecule is CCOC(=O)C1=C(C)NC(C(C)C)=C(C(C)=O)C1. The van der Waals surface area contributed by atoms with Gasteiger partial charge in [0.25, 0.3) is 0 Å². The predicted molar refractivity (Wildman–Crippen MR) is 69.6 cm³/mol. The van der Waals surface area contributed by atoms with Gasteiger partial charge in [-0.25, -0.2) is 4.79 Å². The third-order valence-corrected chi connectivity index (χ3v) is 2.98. The Labute approximate surface area is 108 Å². The predicted octanol–water partition coefficient (Wildman–Crippen LogP) is 2.32. The van der Waals surface area contributed by atoms with Gasteiger partial charge in [-0.2, -0.15) is 0 Å².